The standard InChI is InChI=1S/C31H26ClN3O4S/c1-39-25-16-14-23(15-17-25)33-29(36)20-40-26-12-7-11-24(19-26)34-31(38)28(18-22-10-5-6-13-27(22)32)35-30(37)21-8-3-2-4-9-21/h2-19H,20H2,1H3,(H,33,36)(H,34,38)(H,35,37)/b28-18+. The van der Waals surface area contributed by atoms with Gasteiger partial charge in [-0.1, -0.05) is 54.1 Å². The summed E-state index contributed by atoms with van der Waals surface area (Å²) in [6.07, 6.45) is 1.53. The van der Waals surface area contributed by atoms with Gasteiger partial charge in [0.1, 0.15) is 11.4 Å². The Morgan fingerprint density at radius 1 is 0.825 bits per heavy atom. The van der Waals surface area contributed by atoms with Crippen molar-refractivity contribution >= 4 is 58.5 Å². The maximum absolute atomic E-state index is 13.3. The summed E-state index contributed by atoms with van der Waals surface area (Å²) in [6, 6.07) is 29.8. The molecule has 9 heteroatoms. The van der Waals surface area contributed by atoms with Gasteiger partial charge in [0.15, 0.2) is 0 Å². The molecule has 3 amide bonds. The van der Waals surface area contributed by atoms with E-state index >= 15 is 0 Å². The molecule has 40 heavy (non-hydrogen) atoms. The van der Waals surface area contributed by atoms with Crippen LogP contribution in [0.1, 0.15) is 15.9 Å². The van der Waals surface area contributed by atoms with Gasteiger partial charge >= 0.3 is 0 Å². The Kier molecular flexibility index (Phi) is 9.99. The van der Waals surface area contributed by atoms with E-state index in [0.29, 0.717) is 33.3 Å². The lowest BCUT2D eigenvalue weighted by Crippen LogP contribution is -2.30. The summed E-state index contributed by atoms with van der Waals surface area (Å²) in [5.41, 5.74) is 2.19. The Labute approximate surface area is 241 Å². The van der Waals surface area contributed by atoms with Crippen LogP contribution in [-0.2, 0) is 9.59 Å². The molecule has 0 aliphatic rings. The number of amides is 3. The van der Waals surface area contributed by atoms with Crippen molar-refractivity contribution in [3.05, 3.63) is 125 Å². The SMILES string of the molecule is COc1ccc(NC(=O)CSc2cccc(NC(=O)/C(=C\c3ccccc3Cl)NC(=O)c3ccccc3)c2)cc1. The Balaban J connectivity index is 1.44. The molecule has 7 nitrogen and oxygen atoms in total. The third-order valence-electron chi connectivity index (χ3n) is 5.57. The minimum absolute atomic E-state index is 0.0267. The molecule has 0 radical (unpaired) electrons. The molecule has 0 fully saturated rings. The van der Waals surface area contributed by atoms with Crippen molar-refractivity contribution in [3.8, 4) is 5.75 Å². The van der Waals surface area contributed by atoms with Crippen molar-refractivity contribution in [2.24, 2.45) is 0 Å². The molecule has 202 valence electrons. The van der Waals surface area contributed by atoms with Crippen molar-refractivity contribution in [1.29, 1.82) is 0 Å². The van der Waals surface area contributed by atoms with Gasteiger partial charge in [0, 0.05) is 26.9 Å². The molecule has 0 aromatic heterocycles. The Morgan fingerprint density at radius 2 is 1.55 bits per heavy atom. The highest BCUT2D eigenvalue weighted by atomic mass is 35.5. The molecular weight excluding hydrogens is 546 g/mol. The molecule has 4 rings (SSSR count). The van der Waals surface area contributed by atoms with Crippen LogP contribution in [0.3, 0.4) is 0 Å². The number of carbonyl (C=O) groups is 3. The predicted molar refractivity (Wildman–Crippen MR) is 161 cm³/mol. The molecule has 3 N–H and O–H groups in total. The fourth-order valence-electron chi connectivity index (χ4n) is 3.57. The summed E-state index contributed by atoms with van der Waals surface area (Å²) in [6.45, 7) is 0. The number of halogens is 1. The molecule has 0 heterocycles. The summed E-state index contributed by atoms with van der Waals surface area (Å²) in [7, 11) is 1.58. The van der Waals surface area contributed by atoms with Gasteiger partial charge < -0.3 is 20.7 Å². The first kappa shape index (κ1) is 28.5. The van der Waals surface area contributed by atoms with E-state index in [2.05, 4.69) is 16.0 Å². The van der Waals surface area contributed by atoms with Gasteiger partial charge in [-0.25, -0.2) is 0 Å². The molecule has 4 aromatic rings. The first-order chi connectivity index (χ1) is 19.4. The average molecular weight is 572 g/mol. The largest absolute Gasteiger partial charge is 0.497 e. The summed E-state index contributed by atoms with van der Waals surface area (Å²) in [5, 5.41) is 8.81. The lowest BCUT2D eigenvalue weighted by molar-refractivity contribution is -0.114. The number of anilines is 2. The minimum atomic E-state index is -0.524. The molecule has 0 spiro atoms. The molecule has 0 aliphatic heterocycles. The topological polar surface area (TPSA) is 96.5 Å². The van der Waals surface area contributed by atoms with E-state index in [1.54, 1.807) is 104 Å². The number of hydrogen-bond acceptors (Lipinski definition) is 5. The summed E-state index contributed by atoms with van der Waals surface area (Å²) in [4.78, 5) is 39.4. The number of carbonyl (C=O) groups excluding carboxylic acids is 3. The Hall–Kier alpha value is -4.53. The van der Waals surface area contributed by atoms with Gasteiger partial charge in [-0.05, 0) is 72.3 Å². The number of methoxy groups -OCH3 is 1. The quantitative estimate of drug-likeness (QED) is 0.149. The first-order valence-electron chi connectivity index (χ1n) is 12.2. The van der Waals surface area contributed by atoms with Crippen molar-refractivity contribution < 1.29 is 19.1 Å². The third kappa shape index (κ3) is 8.23. The molecule has 0 atom stereocenters. The van der Waals surface area contributed by atoms with Crippen LogP contribution in [0.2, 0.25) is 5.02 Å². The highest BCUT2D eigenvalue weighted by Gasteiger charge is 2.16. The number of ether oxygens (including phenoxy) is 1. The van der Waals surface area contributed by atoms with E-state index in [9.17, 15) is 14.4 Å². The lowest BCUT2D eigenvalue weighted by atomic mass is 10.1. The van der Waals surface area contributed by atoms with Crippen LogP contribution in [0.15, 0.2) is 114 Å². The highest BCUT2D eigenvalue weighted by molar-refractivity contribution is 8.00. The van der Waals surface area contributed by atoms with E-state index in [4.69, 9.17) is 16.3 Å². The zero-order chi connectivity index (χ0) is 28.3. The van der Waals surface area contributed by atoms with Gasteiger partial charge in [0.05, 0.1) is 12.9 Å². The van der Waals surface area contributed by atoms with Gasteiger partial charge in [-0.3, -0.25) is 14.4 Å². The van der Waals surface area contributed by atoms with E-state index in [1.807, 2.05) is 6.07 Å². The van der Waals surface area contributed by atoms with E-state index in [0.717, 1.165) is 4.90 Å². The van der Waals surface area contributed by atoms with Crippen molar-refractivity contribution in [2.45, 2.75) is 4.90 Å². The average Bonchev–Trinajstić information content (AvgIpc) is 2.98. The summed E-state index contributed by atoms with van der Waals surface area (Å²) < 4.78 is 5.13. The zero-order valence-electron chi connectivity index (χ0n) is 21.5. The van der Waals surface area contributed by atoms with Gasteiger partial charge in [-0.2, -0.15) is 0 Å². The van der Waals surface area contributed by atoms with E-state index in [-0.39, 0.29) is 17.4 Å². The third-order valence-corrected chi connectivity index (χ3v) is 6.91. The van der Waals surface area contributed by atoms with Crippen LogP contribution in [0.25, 0.3) is 6.08 Å². The lowest BCUT2D eigenvalue weighted by Gasteiger charge is -2.12. The summed E-state index contributed by atoms with van der Waals surface area (Å²) >= 11 is 7.63. The van der Waals surface area contributed by atoms with Crippen LogP contribution in [0, 0.1) is 0 Å². The van der Waals surface area contributed by atoms with Gasteiger partial charge in [-0.15, -0.1) is 11.8 Å². The van der Waals surface area contributed by atoms with Crippen LogP contribution in [0.4, 0.5) is 11.4 Å². The van der Waals surface area contributed by atoms with Crippen LogP contribution in [0.5, 0.6) is 5.75 Å². The minimum Gasteiger partial charge on any atom is -0.497 e. The van der Waals surface area contributed by atoms with Crippen molar-refractivity contribution in [1.82, 2.24) is 5.32 Å². The fourth-order valence-corrected chi connectivity index (χ4v) is 4.52. The monoisotopic (exact) mass is 571 g/mol. The van der Waals surface area contributed by atoms with Crippen LogP contribution < -0.4 is 20.7 Å². The zero-order valence-corrected chi connectivity index (χ0v) is 23.1. The number of benzene rings is 4. The van der Waals surface area contributed by atoms with Crippen LogP contribution in [-0.4, -0.2) is 30.6 Å². The molecule has 0 unspecified atom stereocenters. The van der Waals surface area contributed by atoms with Crippen molar-refractivity contribution in [3.63, 3.8) is 0 Å². The molecule has 0 bridgehead atoms. The highest BCUT2D eigenvalue weighted by Crippen LogP contribution is 2.24. The summed E-state index contributed by atoms with van der Waals surface area (Å²) in [5.74, 6) is -0.243. The van der Waals surface area contributed by atoms with E-state index < -0.39 is 11.8 Å². The van der Waals surface area contributed by atoms with Gasteiger partial charge in [0.2, 0.25) is 5.91 Å². The maximum atomic E-state index is 13.3. The van der Waals surface area contributed by atoms with E-state index in [1.165, 1.54) is 17.8 Å². The Morgan fingerprint density at radius 3 is 2.27 bits per heavy atom. The molecule has 0 saturated carbocycles. The molecule has 4 aromatic carbocycles. The van der Waals surface area contributed by atoms with Gasteiger partial charge in [0.25, 0.3) is 11.8 Å². The number of hydrogen-bond donors (Lipinski definition) is 3. The Bertz CT molecular complexity index is 1530. The molecule has 0 saturated heterocycles. The van der Waals surface area contributed by atoms with Crippen molar-refractivity contribution in [2.75, 3.05) is 23.5 Å². The second-order valence-corrected chi connectivity index (χ2v) is 9.90. The number of nitrogens with one attached hydrogen (secondary N) is 3. The first-order valence-corrected chi connectivity index (χ1v) is 13.6. The smallest absolute Gasteiger partial charge is 0.272 e. The maximum Gasteiger partial charge on any atom is 0.272 e. The predicted octanol–water partition coefficient (Wildman–Crippen LogP) is 6.49. The second kappa shape index (κ2) is 14.0. The normalized spacial score (nSPS) is 10.9. The molecule has 0 aliphatic carbocycles. The number of thioether (sulfide) groups is 1. The van der Waals surface area contributed by atoms with Crippen LogP contribution >= 0.6 is 23.4 Å². The number of rotatable bonds is 10. The molecular formula is C31H26ClN3O4S. The fraction of sp³-hybridized carbons (Fsp3) is 0.0645. The second-order valence-electron chi connectivity index (χ2n) is 8.45.